The van der Waals surface area contributed by atoms with Gasteiger partial charge in [0.25, 0.3) is 0 Å². The molecule has 0 aliphatic heterocycles. The van der Waals surface area contributed by atoms with Crippen molar-refractivity contribution in [2.45, 2.75) is 5.41 Å². The number of rotatable bonds is 6. The van der Waals surface area contributed by atoms with Gasteiger partial charge in [-0.25, -0.2) is 9.97 Å². The minimum Gasteiger partial charge on any atom is -0.310 e. The Morgan fingerprint density at radius 1 is 0.333 bits per heavy atom. The molecule has 0 unspecified atom stereocenters. The average molecular weight is 764 g/mol. The molecule has 60 heavy (non-hydrogen) atoms. The van der Waals surface area contributed by atoms with Crippen LogP contribution < -0.4 is 4.90 Å². The second kappa shape index (κ2) is 13.6. The maximum absolute atomic E-state index is 5.21. The Hall–Kier alpha value is -7.88. The van der Waals surface area contributed by atoms with Crippen LogP contribution in [-0.2, 0) is 5.41 Å². The Bertz CT molecular complexity index is 3180. The Morgan fingerprint density at radius 2 is 0.800 bits per heavy atom. The molecule has 1 heterocycles. The smallest absolute Gasteiger partial charge is 0.160 e. The normalized spacial score (nSPS) is 12.8. The van der Waals surface area contributed by atoms with Crippen LogP contribution in [0.4, 0.5) is 17.1 Å². The Kier molecular flexibility index (Phi) is 7.76. The van der Waals surface area contributed by atoms with Crippen molar-refractivity contribution in [2.75, 3.05) is 4.90 Å². The molecular formula is C57H37N3. The van der Waals surface area contributed by atoms with Crippen molar-refractivity contribution >= 4 is 28.0 Å². The van der Waals surface area contributed by atoms with Crippen molar-refractivity contribution in [1.29, 1.82) is 0 Å². The third kappa shape index (κ3) is 5.09. The van der Waals surface area contributed by atoms with Crippen LogP contribution in [0.15, 0.2) is 224 Å². The van der Waals surface area contributed by atoms with Crippen molar-refractivity contribution in [3.63, 3.8) is 0 Å². The third-order valence-corrected chi connectivity index (χ3v) is 12.5. The van der Waals surface area contributed by atoms with E-state index in [2.05, 4.69) is 205 Å². The van der Waals surface area contributed by atoms with Gasteiger partial charge in [0.1, 0.15) is 0 Å². The minimum atomic E-state index is -0.508. The molecule has 0 saturated carbocycles. The van der Waals surface area contributed by atoms with Gasteiger partial charge in [-0.1, -0.05) is 188 Å². The zero-order valence-corrected chi connectivity index (χ0v) is 32.7. The van der Waals surface area contributed by atoms with Crippen LogP contribution in [-0.4, -0.2) is 9.97 Å². The number of hydrogen-bond donors (Lipinski definition) is 0. The van der Waals surface area contributed by atoms with Crippen LogP contribution >= 0.6 is 0 Å². The molecule has 0 atom stereocenters. The molecule has 0 fully saturated rings. The summed E-state index contributed by atoms with van der Waals surface area (Å²) in [5.74, 6) is 0.718. The van der Waals surface area contributed by atoms with Crippen molar-refractivity contribution < 1.29 is 0 Å². The van der Waals surface area contributed by atoms with E-state index in [1.165, 1.54) is 55.6 Å². The van der Waals surface area contributed by atoms with Gasteiger partial charge in [-0.3, -0.25) is 0 Å². The average Bonchev–Trinajstić information content (AvgIpc) is 3.80. The van der Waals surface area contributed by atoms with Crippen LogP contribution in [0.1, 0.15) is 22.3 Å². The van der Waals surface area contributed by atoms with E-state index < -0.39 is 5.41 Å². The van der Waals surface area contributed by atoms with Gasteiger partial charge in [0.05, 0.1) is 22.3 Å². The molecule has 1 spiro atoms. The summed E-state index contributed by atoms with van der Waals surface area (Å²) in [7, 11) is 0. The number of fused-ring (bicyclic) bond motifs is 11. The molecule has 2 aliphatic carbocycles. The standard InChI is InChI=1S/C57H37N3/c1-3-16-38(17-4-1)39-30-34-42(35-31-39)60(43-36-32-40(33-37-43)55-48-23-10-14-28-52(48)58-56(59-55)41-18-5-2-6-19-41)53-29-15-24-47-46-22-9-13-27-51(46)57(54(47)53)49-25-11-7-20-44(49)45-21-8-12-26-50(45)57/h1-37H. The topological polar surface area (TPSA) is 29.0 Å². The predicted octanol–water partition coefficient (Wildman–Crippen LogP) is 14.4. The van der Waals surface area contributed by atoms with E-state index in [-0.39, 0.29) is 0 Å². The first-order valence-electron chi connectivity index (χ1n) is 20.6. The van der Waals surface area contributed by atoms with E-state index in [0.29, 0.717) is 0 Å². The number of para-hydroxylation sites is 1. The van der Waals surface area contributed by atoms with Crippen molar-refractivity contribution in [1.82, 2.24) is 9.97 Å². The molecule has 0 bridgehead atoms. The lowest BCUT2D eigenvalue weighted by Crippen LogP contribution is -2.28. The molecule has 0 amide bonds. The van der Waals surface area contributed by atoms with Crippen LogP contribution in [0, 0.1) is 0 Å². The molecule has 0 radical (unpaired) electrons. The fourth-order valence-corrected chi connectivity index (χ4v) is 9.96. The van der Waals surface area contributed by atoms with Crippen molar-refractivity contribution in [3.8, 4) is 56.0 Å². The highest BCUT2D eigenvalue weighted by atomic mass is 15.1. The highest BCUT2D eigenvalue weighted by Gasteiger charge is 2.53. The summed E-state index contributed by atoms with van der Waals surface area (Å²) in [5, 5.41) is 1.03. The SMILES string of the molecule is c1ccc(-c2ccc(N(c3ccc(-c4nc(-c5ccccc5)nc5ccccc45)cc3)c3cccc4c3C3(c5ccccc5-c5ccccc53)c3ccccc3-4)cc2)cc1. The van der Waals surface area contributed by atoms with E-state index in [1.54, 1.807) is 0 Å². The lowest BCUT2D eigenvalue weighted by molar-refractivity contribution is 0.793. The first-order chi connectivity index (χ1) is 29.8. The second-order valence-corrected chi connectivity index (χ2v) is 15.7. The minimum absolute atomic E-state index is 0.508. The molecule has 2 aliphatic rings. The Labute approximate surface area is 349 Å². The summed E-state index contributed by atoms with van der Waals surface area (Å²) < 4.78 is 0. The summed E-state index contributed by atoms with van der Waals surface area (Å²) in [4.78, 5) is 12.7. The highest BCUT2D eigenvalue weighted by molar-refractivity contribution is 6.00. The lowest BCUT2D eigenvalue weighted by atomic mass is 9.70. The molecule has 1 aromatic heterocycles. The fraction of sp³-hybridized carbons (Fsp3) is 0.0175. The van der Waals surface area contributed by atoms with E-state index in [1.807, 2.05) is 24.3 Å². The fourth-order valence-electron chi connectivity index (χ4n) is 9.96. The zero-order valence-electron chi connectivity index (χ0n) is 32.7. The Balaban J connectivity index is 1.09. The predicted molar refractivity (Wildman–Crippen MR) is 247 cm³/mol. The van der Waals surface area contributed by atoms with Gasteiger partial charge in [-0.15, -0.1) is 0 Å². The molecule has 10 aromatic rings. The largest absolute Gasteiger partial charge is 0.310 e. The van der Waals surface area contributed by atoms with Crippen LogP contribution in [0.3, 0.4) is 0 Å². The summed E-state index contributed by atoms with van der Waals surface area (Å²) in [6, 6.07) is 81.1. The molecule has 0 N–H and O–H groups in total. The number of nitrogens with zero attached hydrogens (tertiary/aromatic N) is 3. The molecule has 0 saturated heterocycles. The molecule has 9 aromatic carbocycles. The van der Waals surface area contributed by atoms with E-state index in [9.17, 15) is 0 Å². The Morgan fingerprint density at radius 3 is 1.42 bits per heavy atom. The van der Waals surface area contributed by atoms with Crippen LogP contribution in [0.5, 0.6) is 0 Å². The van der Waals surface area contributed by atoms with Crippen LogP contribution in [0.25, 0.3) is 66.9 Å². The summed E-state index contributed by atoms with van der Waals surface area (Å²) in [5.41, 5.74) is 19.4. The highest BCUT2D eigenvalue weighted by Crippen LogP contribution is 2.65. The van der Waals surface area contributed by atoms with Crippen molar-refractivity contribution in [3.05, 3.63) is 247 Å². The molecule has 280 valence electrons. The van der Waals surface area contributed by atoms with Gasteiger partial charge < -0.3 is 4.90 Å². The van der Waals surface area contributed by atoms with Gasteiger partial charge in [0, 0.05) is 33.5 Å². The molecular weight excluding hydrogens is 727 g/mol. The second-order valence-electron chi connectivity index (χ2n) is 15.7. The number of hydrogen-bond acceptors (Lipinski definition) is 3. The first kappa shape index (κ1) is 34.2. The number of aromatic nitrogens is 2. The monoisotopic (exact) mass is 763 g/mol. The van der Waals surface area contributed by atoms with Crippen LogP contribution in [0.2, 0.25) is 0 Å². The van der Waals surface area contributed by atoms with Gasteiger partial charge in [0.15, 0.2) is 5.82 Å². The van der Waals surface area contributed by atoms with Crippen molar-refractivity contribution in [2.24, 2.45) is 0 Å². The molecule has 3 nitrogen and oxygen atoms in total. The summed E-state index contributed by atoms with van der Waals surface area (Å²) in [6.45, 7) is 0. The maximum atomic E-state index is 5.21. The summed E-state index contributed by atoms with van der Waals surface area (Å²) in [6.07, 6.45) is 0. The molecule has 3 heteroatoms. The number of anilines is 3. The molecule has 12 rings (SSSR count). The zero-order chi connectivity index (χ0) is 39.6. The summed E-state index contributed by atoms with van der Waals surface area (Å²) >= 11 is 0. The van der Waals surface area contributed by atoms with Gasteiger partial charge in [-0.2, -0.15) is 0 Å². The van der Waals surface area contributed by atoms with E-state index >= 15 is 0 Å². The van der Waals surface area contributed by atoms with Gasteiger partial charge >= 0.3 is 0 Å². The quantitative estimate of drug-likeness (QED) is 0.169. The van der Waals surface area contributed by atoms with E-state index in [0.717, 1.165) is 50.6 Å². The lowest BCUT2D eigenvalue weighted by Gasteiger charge is -2.36. The third-order valence-electron chi connectivity index (χ3n) is 12.5. The first-order valence-corrected chi connectivity index (χ1v) is 20.6. The number of benzene rings is 9. The maximum Gasteiger partial charge on any atom is 0.160 e. The van der Waals surface area contributed by atoms with Gasteiger partial charge in [-0.05, 0) is 86.5 Å². The van der Waals surface area contributed by atoms with E-state index in [4.69, 9.17) is 9.97 Å². The van der Waals surface area contributed by atoms with Gasteiger partial charge in [0.2, 0.25) is 0 Å².